The molecule has 2 fully saturated rings. The van der Waals surface area contributed by atoms with Gasteiger partial charge in [-0.05, 0) is 64.7 Å². The summed E-state index contributed by atoms with van der Waals surface area (Å²) in [4.78, 5) is 2.45. The summed E-state index contributed by atoms with van der Waals surface area (Å²) in [5, 5.41) is 3.72. The minimum atomic E-state index is 0.734. The predicted molar refractivity (Wildman–Crippen MR) is 65.0 cm³/mol. The molecule has 1 unspecified atom stereocenters. The van der Waals surface area contributed by atoms with E-state index in [4.69, 9.17) is 0 Å². The van der Waals surface area contributed by atoms with Crippen LogP contribution in [0.25, 0.3) is 0 Å². The summed E-state index contributed by atoms with van der Waals surface area (Å²) in [5.41, 5.74) is 0. The summed E-state index contributed by atoms with van der Waals surface area (Å²) >= 11 is 0. The first-order valence-electron chi connectivity index (χ1n) is 6.67. The zero-order valence-electron chi connectivity index (χ0n) is 10.3. The number of likely N-dealkylation sites (tertiary alicyclic amines) is 1. The second-order valence-electron chi connectivity index (χ2n) is 5.62. The van der Waals surface area contributed by atoms with E-state index in [0.29, 0.717) is 0 Å². The normalized spacial score (nSPS) is 26.8. The van der Waals surface area contributed by atoms with Crippen molar-refractivity contribution in [3.63, 3.8) is 0 Å². The molecule has 1 saturated carbocycles. The van der Waals surface area contributed by atoms with Crippen LogP contribution in [0.1, 0.15) is 39.0 Å². The second-order valence-corrected chi connectivity index (χ2v) is 5.62. The Bertz CT molecular complexity index is 181. The van der Waals surface area contributed by atoms with Crippen molar-refractivity contribution >= 4 is 0 Å². The molecule has 1 N–H and O–H groups in total. The first-order chi connectivity index (χ1) is 7.25. The maximum absolute atomic E-state index is 3.72. The van der Waals surface area contributed by atoms with Gasteiger partial charge < -0.3 is 10.2 Å². The van der Waals surface area contributed by atoms with Gasteiger partial charge in [0.05, 0.1) is 0 Å². The van der Waals surface area contributed by atoms with Crippen molar-refractivity contribution < 1.29 is 0 Å². The van der Waals surface area contributed by atoms with Gasteiger partial charge in [-0.15, -0.1) is 0 Å². The average Bonchev–Trinajstić information content (AvgIpc) is 3.02. The molecule has 1 saturated heterocycles. The van der Waals surface area contributed by atoms with E-state index in [9.17, 15) is 0 Å². The molecular weight excluding hydrogens is 184 g/mol. The van der Waals surface area contributed by atoms with E-state index in [-0.39, 0.29) is 0 Å². The lowest BCUT2D eigenvalue weighted by Gasteiger charge is -2.33. The fraction of sp³-hybridized carbons (Fsp3) is 1.00. The van der Waals surface area contributed by atoms with Gasteiger partial charge in [-0.25, -0.2) is 0 Å². The molecule has 2 rings (SSSR count). The van der Waals surface area contributed by atoms with Gasteiger partial charge in [0.1, 0.15) is 0 Å². The number of hydrogen-bond donors (Lipinski definition) is 1. The molecule has 0 spiro atoms. The molecule has 0 aromatic carbocycles. The fourth-order valence-electron chi connectivity index (χ4n) is 2.62. The van der Waals surface area contributed by atoms with Crippen LogP contribution in [0.3, 0.4) is 0 Å². The molecule has 0 bridgehead atoms. The van der Waals surface area contributed by atoms with E-state index in [1.165, 1.54) is 51.7 Å². The van der Waals surface area contributed by atoms with Crippen LogP contribution >= 0.6 is 0 Å². The van der Waals surface area contributed by atoms with Gasteiger partial charge in [0.2, 0.25) is 0 Å². The molecule has 1 heterocycles. The van der Waals surface area contributed by atoms with Crippen molar-refractivity contribution in [2.45, 2.75) is 45.1 Å². The second kappa shape index (κ2) is 5.31. The van der Waals surface area contributed by atoms with Crippen LogP contribution < -0.4 is 5.32 Å². The van der Waals surface area contributed by atoms with Crippen molar-refractivity contribution in [1.29, 1.82) is 0 Å². The van der Waals surface area contributed by atoms with Crippen molar-refractivity contribution in [2.75, 3.05) is 26.7 Å². The SMILES string of the molecule is CC(NCCC1CC1)C1CCN(C)CC1. The zero-order valence-corrected chi connectivity index (χ0v) is 10.3. The maximum Gasteiger partial charge on any atom is 0.00679 e. The van der Waals surface area contributed by atoms with E-state index in [0.717, 1.165) is 17.9 Å². The molecule has 2 heteroatoms. The maximum atomic E-state index is 3.72. The summed E-state index contributed by atoms with van der Waals surface area (Å²) < 4.78 is 0. The molecule has 0 aromatic heterocycles. The number of piperidine rings is 1. The minimum absolute atomic E-state index is 0.734. The minimum Gasteiger partial charge on any atom is -0.314 e. The lowest BCUT2D eigenvalue weighted by atomic mass is 9.90. The zero-order chi connectivity index (χ0) is 10.7. The summed E-state index contributed by atoms with van der Waals surface area (Å²) in [6.45, 7) is 6.21. The van der Waals surface area contributed by atoms with Crippen LogP contribution in [0.4, 0.5) is 0 Å². The van der Waals surface area contributed by atoms with Gasteiger partial charge in [0.15, 0.2) is 0 Å². The Morgan fingerprint density at radius 3 is 2.47 bits per heavy atom. The van der Waals surface area contributed by atoms with Crippen molar-refractivity contribution in [3.05, 3.63) is 0 Å². The lowest BCUT2D eigenvalue weighted by Crippen LogP contribution is -2.41. The number of hydrogen-bond acceptors (Lipinski definition) is 2. The van der Waals surface area contributed by atoms with Gasteiger partial charge in [0, 0.05) is 6.04 Å². The first kappa shape index (κ1) is 11.4. The Labute approximate surface area is 94.4 Å². The van der Waals surface area contributed by atoms with Gasteiger partial charge in [0.25, 0.3) is 0 Å². The molecule has 1 aliphatic heterocycles. The largest absolute Gasteiger partial charge is 0.314 e. The van der Waals surface area contributed by atoms with E-state index in [1.807, 2.05) is 0 Å². The van der Waals surface area contributed by atoms with Crippen molar-refractivity contribution in [1.82, 2.24) is 10.2 Å². The van der Waals surface area contributed by atoms with Gasteiger partial charge >= 0.3 is 0 Å². The molecule has 15 heavy (non-hydrogen) atoms. The summed E-state index contributed by atoms with van der Waals surface area (Å²) in [6, 6.07) is 0.734. The molecular formula is C13H26N2. The van der Waals surface area contributed by atoms with Gasteiger partial charge in [-0.2, -0.15) is 0 Å². The molecule has 1 aliphatic carbocycles. The lowest BCUT2D eigenvalue weighted by molar-refractivity contribution is 0.190. The fourth-order valence-corrected chi connectivity index (χ4v) is 2.62. The predicted octanol–water partition coefficient (Wildman–Crippen LogP) is 2.11. The van der Waals surface area contributed by atoms with Gasteiger partial charge in [-0.3, -0.25) is 0 Å². The van der Waals surface area contributed by atoms with E-state index in [2.05, 4.69) is 24.2 Å². The van der Waals surface area contributed by atoms with Crippen LogP contribution in [0.15, 0.2) is 0 Å². The molecule has 2 aliphatic rings. The van der Waals surface area contributed by atoms with E-state index in [1.54, 1.807) is 0 Å². The Kier molecular flexibility index (Phi) is 4.04. The number of nitrogens with zero attached hydrogens (tertiary/aromatic N) is 1. The standard InChI is InChI=1S/C13H26N2/c1-11(14-8-5-12-3-4-12)13-6-9-15(2)10-7-13/h11-14H,3-10H2,1-2H3. The molecule has 2 nitrogen and oxygen atoms in total. The number of rotatable bonds is 5. The van der Waals surface area contributed by atoms with Gasteiger partial charge in [-0.1, -0.05) is 12.8 Å². The quantitative estimate of drug-likeness (QED) is 0.747. The van der Waals surface area contributed by atoms with Crippen LogP contribution in [0.2, 0.25) is 0 Å². The first-order valence-corrected chi connectivity index (χ1v) is 6.67. The topological polar surface area (TPSA) is 15.3 Å². The summed E-state index contributed by atoms with van der Waals surface area (Å²) in [5.74, 6) is 1.99. The van der Waals surface area contributed by atoms with Crippen molar-refractivity contribution in [3.8, 4) is 0 Å². The average molecular weight is 210 g/mol. The third-order valence-electron chi connectivity index (χ3n) is 4.19. The third kappa shape index (κ3) is 3.76. The Hall–Kier alpha value is -0.0800. The summed E-state index contributed by atoms with van der Waals surface area (Å²) in [6.07, 6.45) is 7.16. The van der Waals surface area contributed by atoms with E-state index >= 15 is 0 Å². The van der Waals surface area contributed by atoms with Crippen LogP contribution in [-0.4, -0.2) is 37.6 Å². The van der Waals surface area contributed by atoms with E-state index < -0.39 is 0 Å². The molecule has 0 radical (unpaired) electrons. The molecule has 0 amide bonds. The third-order valence-corrected chi connectivity index (χ3v) is 4.19. The summed E-state index contributed by atoms with van der Waals surface area (Å²) in [7, 11) is 2.24. The van der Waals surface area contributed by atoms with Crippen LogP contribution in [-0.2, 0) is 0 Å². The Morgan fingerprint density at radius 1 is 1.20 bits per heavy atom. The highest BCUT2D eigenvalue weighted by atomic mass is 15.1. The highest BCUT2D eigenvalue weighted by molar-refractivity contribution is 4.80. The van der Waals surface area contributed by atoms with Crippen LogP contribution in [0, 0.1) is 11.8 Å². The monoisotopic (exact) mass is 210 g/mol. The Morgan fingerprint density at radius 2 is 1.87 bits per heavy atom. The number of nitrogens with one attached hydrogen (secondary N) is 1. The van der Waals surface area contributed by atoms with Crippen molar-refractivity contribution in [2.24, 2.45) is 11.8 Å². The molecule has 1 atom stereocenters. The molecule has 88 valence electrons. The highest BCUT2D eigenvalue weighted by Gasteiger charge is 2.23. The smallest absolute Gasteiger partial charge is 0.00679 e. The highest BCUT2D eigenvalue weighted by Crippen LogP contribution is 2.31. The van der Waals surface area contributed by atoms with Crippen LogP contribution in [0.5, 0.6) is 0 Å². The molecule has 0 aromatic rings. The Balaban J connectivity index is 1.59.